The number of aliphatic imine (C=N–C) groups is 2. The van der Waals surface area contributed by atoms with Crippen molar-refractivity contribution < 1.29 is 34.4 Å². The Morgan fingerprint density at radius 3 is 1.53 bits per heavy atom. The fourth-order valence-electron chi connectivity index (χ4n) is 6.33. The minimum atomic E-state index is -1.04. The molecule has 5 heterocycles. The van der Waals surface area contributed by atoms with Gasteiger partial charge in [-0.3, -0.25) is 0 Å². The molecule has 1 unspecified atom stereocenters. The van der Waals surface area contributed by atoms with Gasteiger partial charge in [0.2, 0.25) is 5.90 Å². The summed E-state index contributed by atoms with van der Waals surface area (Å²) in [5, 5.41) is 32.0. The third-order valence-electron chi connectivity index (χ3n) is 8.76. The van der Waals surface area contributed by atoms with Gasteiger partial charge < -0.3 is 30.4 Å². The number of allylic oxidation sites excluding steroid dienone is 5. The lowest BCUT2D eigenvalue weighted by Crippen LogP contribution is -2.27. The SMILES string of the molecule is O=C(O)c1ccc(/C2=C3\C=CC(N3)OC3=N/C(=C(/c4ccc(C(=O)O)cc4)c4ccc([nH]4)/C(c4ccc(C(=O)O)cc4)=C4/C=CC2=N4)C=C3)cc1. The van der Waals surface area contributed by atoms with Crippen LogP contribution >= 0.6 is 0 Å². The first kappa shape index (κ1) is 31.0. The number of aromatic carboxylic acids is 3. The molecule has 1 aromatic heterocycles. The molecule has 11 nitrogen and oxygen atoms in total. The fraction of sp³-hybridized carbons (Fsp3) is 0.0250. The molecule has 1 atom stereocenters. The summed E-state index contributed by atoms with van der Waals surface area (Å²) in [5.41, 5.74) is 8.63. The van der Waals surface area contributed by atoms with E-state index in [0.29, 0.717) is 56.8 Å². The number of aromatic amines is 1. The zero-order chi connectivity index (χ0) is 35.2. The number of aromatic nitrogens is 1. The number of H-pyrrole nitrogens is 1. The van der Waals surface area contributed by atoms with Crippen molar-refractivity contribution in [2.24, 2.45) is 9.98 Å². The van der Waals surface area contributed by atoms with Crippen molar-refractivity contribution in [3.05, 3.63) is 183 Å². The summed E-state index contributed by atoms with van der Waals surface area (Å²) in [6, 6.07) is 23.5. The van der Waals surface area contributed by atoms with Crippen LogP contribution in [0.1, 0.15) is 59.2 Å². The van der Waals surface area contributed by atoms with Gasteiger partial charge in [-0.1, -0.05) is 36.4 Å². The van der Waals surface area contributed by atoms with Crippen LogP contribution in [-0.2, 0) is 4.74 Å². The average molecular weight is 675 g/mol. The summed E-state index contributed by atoms with van der Waals surface area (Å²) >= 11 is 0. The highest BCUT2D eigenvalue weighted by Gasteiger charge is 2.26. The third-order valence-corrected chi connectivity index (χ3v) is 8.76. The van der Waals surface area contributed by atoms with E-state index in [0.717, 1.165) is 16.7 Å². The maximum absolute atomic E-state index is 11.7. The molecule has 5 N–H and O–H groups in total. The zero-order valence-corrected chi connectivity index (χ0v) is 26.5. The van der Waals surface area contributed by atoms with Crippen LogP contribution in [0.2, 0.25) is 0 Å². The Morgan fingerprint density at radius 2 is 1.02 bits per heavy atom. The Balaban J connectivity index is 1.35. The first-order chi connectivity index (χ1) is 24.7. The lowest BCUT2D eigenvalue weighted by molar-refractivity contribution is 0.0686. The highest BCUT2D eigenvalue weighted by molar-refractivity contribution is 6.32. The molecule has 0 radical (unpaired) electrons. The van der Waals surface area contributed by atoms with Gasteiger partial charge in [-0.05, 0) is 95.6 Å². The molecule has 0 aliphatic carbocycles. The molecule has 4 aromatic rings. The Kier molecular flexibility index (Phi) is 7.49. The van der Waals surface area contributed by atoms with Crippen LogP contribution in [0.3, 0.4) is 0 Å². The van der Waals surface area contributed by atoms with Crippen molar-refractivity contribution in [3.8, 4) is 0 Å². The molecule has 248 valence electrons. The summed E-state index contributed by atoms with van der Waals surface area (Å²) in [7, 11) is 0. The summed E-state index contributed by atoms with van der Waals surface area (Å²) < 4.78 is 6.24. The quantitative estimate of drug-likeness (QED) is 0.153. The van der Waals surface area contributed by atoms with E-state index in [9.17, 15) is 29.7 Å². The Morgan fingerprint density at radius 1 is 0.549 bits per heavy atom. The molecular formula is C40H26N4O7. The minimum Gasteiger partial charge on any atom is -0.478 e. The number of carboxylic acid groups (broad SMARTS) is 3. The lowest BCUT2D eigenvalue weighted by atomic mass is 9.97. The summed E-state index contributed by atoms with van der Waals surface area (Å²) in [4.78, 5) is 48.4. The first-order valence-corrected chi connectivity index (χ1v) is 15.8. The number of carbonyl (C=O) groups is 3. The normalized spacial score (nSPS) is 21.6. The molecule has 8 rings (SSSR count). The second-order valence-electron chi connectivity index (χ2n) is 11.9. The summed E-state index contributed by atoms with van der Waals surface area (Å²) in [6.45, 7) is 0. The number of nitrogens with one attached hydrogen (secondary N) is 2. The molecule has 4 aliphatic rings. The van der Waals surface area contributed by atoms with Crippen molar-refractivity contribution in [1.82, 2.24) is 10.3 Å². The van der Waals surface area contributed by atoms with Gasteiger partial charge in [0, 0.05) is 39.9 Å². The van der Waals surface area contributed by atoms with Gasteiger partial charge in [0.25, 0.3) is 0 Å². The van der Waals surface area contributed by atoms with E-state index in [2.05, 4.69) is 10.3 Å². The molecule has 0 fully saturated rings. The van der Waals surface area contributed by atoms with E-state index in [-0.39, 0.29) is 16.7 Å². The predicted octanol–water partition coefficient (Wildman–Crippen LogP) is 6.53. The smallest absolute Gasteiger partial charge is 0.335 e. The lowest BCUT2D eigenvalue weighted by Gasteiger charge is -2.16. The molecule has 51 heavy (non-hydrogen) atoms. The number of ether oxygens (including phenoxy) is 1. The van der Waals surface area contributed by atoms with Crippen LogP contribution in [-0.4, -0.2) is 56.0 Å². The number of benzene rings is 3. The van der Waals surface area contributed by atoms with Gasteiger partial charge in [0.15, 0.2) is 6.23 Å². The molecular weight excluding hydrogens is 648 g/mol. The van der Waals surface area contributed by atoms with Gasteiger partial charge in [-0.2, -0.15) is 0 Å². The Hall–Kier alpha value is -7.27. The molecule has 8 bridgehead atoms. The number of hydrogen-bond acceptors (Lipinski definition) is 7. The van der Waals surface area contributed by atoms with Crippen LogP contribution in [0, 0.1) is 0 Å². The van der Waals surface area contributed by atoms with E-state index < -0.39 is 24.1 Å². The van der Waals surface area contributed by atoms with Gasteiger partial charge in [-0.15, -0.1) is 0 Å². The number of nitrogens with zero attached hydrogens (tertiary/aromatic N) is 2. The molecule has 3 aromatic carbocycles. The molecule has 0 amide bonds. The Bertz CT molecular complexity index is 2420. The molecule has 0 saturated heterocycles. The van der Waals surface area contributed by atoms with E-state index >= 15 is 0 Å². The topological polar surface area (TPSA) is 174 Å². The number of rotatable bonds is 6. The predicted molar refractivity (Wildman–Crippen MR) is 190 cm³/mol. The van der Waals surface area contributed by atoms with Crippen LogP contribution in [0.25, 0.3) is 16.7 Å². The standard InChI is InChI=1S/C40H26N4O7/c45-38(46)24-7-1-21(2-8-24)35-27-13-15-29(41-27)36(22-3-9-25(10-4-22)39(47)48)31-17-19-33(43-31)51-34-20-18-32(44-34)37(30-16-14-28(35)42-30)23-5-11-26(12-6-23)40(49)50/h1-20,33,42-43H,(H,45,46)(H,47,48)(H,49,50)/b35-27-,36-31-,37-32-. The number of fused-ring (bicyclic) bond motifs is 6. The monoisotopic (exact) mass is 674 g/mol. The van der Waals surface area contributed by atoms with E-state index in [1.54, 1.807) is 78.9 Å². The molecule has 4 aliphatic heterocycles. The second-order valence-corrected chi connectivity index (χ2v) is 11.9. The molecule has 0 saturated carbocycles. The fourth-order valence-corrected chi connectivity index (χ4v) is 6.33. The largest absolute Gasteiger partial charge is 0.478 e. The maximum atomic E-state index is 11.7. The summed E-state index contributed by atoms with van der Waals surface area (Å²) in [5.74, 6) is -2.75. The van der Waals surface area contributed by atoms with Gasteiger partial charge >= 0.3 is 17.9 Å². The zero-order valence-electron chi connectivity index (χ0n) is 26.5. The molecule has 11 heteroatoms. The van der Waals surface area contributed by atoms with Crippen LogP contribution < -0.4 is 5.32 Å². The average Bonchev–Trinajstić information content (AvgIpc) is 3.96. The van der Waals surface area contributed by atoms with Crippen molar-refractivity contribution in [1.29, 1.82) is 0 Å². The van der Waals surface area contributed by atoms with Crippen molar-refractivity contribution in [2.45, 2.75) is 6.23 Å². The van der Waals surface area contributed by atoms with Gasteiger partial charge in [0.1, 0.15) is 0 Å². The van der Waals surface area contributed by atoms with E-state index in [1.165, 1.54) is 0 Å². The van der Waals surface area contributed by atoms with Crippen molar-refractivity contribution in [3.63, 3.8) is 0 Å². The van der Waals surface area contributed by atoms with Crippen molar-refractivity contribution >= 4 is 46.2 Å². The van der Waals surface area contributed by atoms with Crippen LogP contribution in [0.4, 0.5) is 0 Å². The van der Waals surface area contributed by atoms with Gasteiger partial charge in [-0.25, -0.2) is 24.4 Å². The maximum Gasteiger partial charge on any atom is 0.335 e. The first-order valence-electron chi connectivity index (χ1n) is 15.8. The van der Waals surface area contributed by atoms with E-state index in [4.69, 9.17) is 14.7 Å². The Labute approximate surface area is 290 Å². The van der Waals surface area contributed by atoms with Gasteiger partial charge in [0.05, 0.1) is 33.8 Å². The third kappa shape index (κ3) is 5.78. The minimum absolute atomic E-state index is 0.141. The highest BCUT2D eigenvalue weighted by Crippen LogP contribution is 2.37. The van der Waals surface area contributed by atoms with Crippen molar-refractivity contribution in [2.75, 3.05) is 0 Å². The second kappa shape index (κ2) is 12.3. The molecule has 0 spiro atoms. The number of carboxylic acids is 3. The van der Waals surface area contributed by atoms with E-state index in [1.807, 2.05) is 42.5 Å². The highest BCUT2D eigenvalue weighted by atomic mass is 16.5. The summed E-state index contributed by atoms with van der Waals surface area (Å²) in [6.07, 6.45) is 10.5. The number of hydrogen-bond donors (Lipinski definition) is 5. The van der Waals surface area contributed by atoms with Crippen LogP contribution in [0.5, 0.6) is 0 Å². The van der Waals surface area contributed by atoms with Crippen LogP contribution in [0.15, 0.2) is 148 Å².